The zero-order chi connectivity index (χ0) is 17.1. The fraction of sp³-hybridized carbons (Fsp3) is 0.0833. The summed E-state index contributed by atoms with van der Waals surface area (Å²) in [6.07, 6.45) is 9.00. The van der Waals surface area contributed by atoms with E-state index in [1.54, 1.807) is 0 Å². The lowest BCUT2D eigenvalue weighted by Gasteiger charge is -2.06. The first-order chi connectivity index (χ1) is 12.9. The van der Waals surface area contributed by atoms with Crippen molar-refractivity contribution in [3.63, 3.8) is 0 Å². The number of hydrogen-bond donors (Lipinski definition) is 0. The molecule has 0 atom stereocenters. The second-order valence-electron chi connectivity index (χ2n) is 6.89. The Morgan fingerprint density at radius 1 is 0.615 bits per heavy atom. The third-order valence-corrected chi connectivity index (χ3v) is 5.30. The minimum Gasteiger partial charge on any atom is -0.456 e. The maximum atomic E-state index is 6.14. The highest BCUT2D eigenvalue weighted by atomic mass is 16.3. The van der Waals surface area contributed by atoms with E-state index in [9.17, 15) is 0 Å². The number of para-hydroxylation sites is 1. The third kappa shape index (κ3) is 1.93. The quantitative estimate of drug-likeness (QED) is 0.323. The van der Waals surface area contributed by atoms with Gasteiger partial charge in [-0.25, -0.2) is 0 Å². The van der Waals surface area contributed by atoms with Crippen molar-refractivity contribution in [1.29, 1.82) is 0 Å². The van der Waals surface area contributed by atoms with E-state index in [1.807, 2.05) is 18.2 Å². The summed E-state index contributed by atoms with van der Waals surface area (Å²) in [4.78, 5) is 0. The van der Waals surface area contributed by atoms with Gasteiger partial charge in [-0.3, -0.25) is 0 Å². The van der Waals surface area contributed by atoms with Crippen LogP contribution in [0.1, 0.15) is 18.4 Å². The van der Waals surface area contributed by atoms with E-state index in [1.165, 1.54) is 11.1 Å². The summed E-state index contributed by atoms with van der Waals surface area (Å²) in [5.41, 5.74) is 6.17. The van der Waals surface area contributed by atoms with Crippen LogP contribution in [0.15, 0.2) is 81.7 Å². The second kappa shape index (κ2) is 5.12. The summed E-state index contributed by atoms with van der Waals surface area (Å²) >= 11 is 0. The summed E-state index contributed by atoms with van der Waals surface area (Å²) in [7, 11) is 0. The van der Waals surface area contributed by atoms with Crippen molar-refractivity contribution in [3.8, 4) is 0 Å². The molecule has 2 nitrogen and oxygen atoms in total. The monoisotopic (exact) mass is 336 g/mol. The average molecular weight is 336 g/mol. The first-order valence-corrected chi connectivity index (χ1v) is 9.01. The standard InChI is InChI=1S/C24H16O2/c1-2-6-15(7-3-1)16-10-11-22-18(12-16)20-14-23-19(13-24(20)26-22)17-8-4-5-9-21(17)25-23/h2,4-14H,1,3H2. The van der Waals surface area contributed by atoms with Gasteiger partial charge in [-0.15, -0.1) is 0 Å². The van der Waals surface area contributed by atoms with E-state index < -0.39 is 0 Å². The molecule has 0 saturated carbocycles. The molecule has 124 valence electrons. The predicted molar refractivity (Wildman–Crippen MR) is 107 cm³/mol. The summed E-state index contributed by atoms with van der Waals surface area (Å²) in [5, 5.41) is 4.47. The van der Waals surface area contributed by atoms with Crippen LogP contribution >= 0.6 is 0 Å². The minimum absolute atomic E-state index is 0.906. The van der Waals surface area contributed by atoms with Gasteiger partial charge in [0.15, 0.2) is 0 Å². The molecule has 0 amide bonds. The van der Waals surface area contributed by atoms with Crippen LogP contribution in [-0.2, 0) is 0 Å². The number of furan rings is 2. The van der Waals surface area contributed by atoms with Crippen molar-refractivity contribution in [2.75, 3.05) is 0 Å². The molecule has 0 N–H and O–H groups in total. The van der Waals surface area contributed by atoms with Gasteiger partial charge in [-0.05, 0) is 54.3 Å². The van der Waals surface area contributed by atoms with Crippen LogP contribution in [0.2, 0.25) is 0 Å². The molecule has 0 unspecified atom stereocenters. The highest BCUT2D eigenvalue weighted by molar-refractivity contribution is 6.15. The van der Waals surface area contributed by atoms with Crippen molar-refractivity contribution in [2.24, 2.45) is 0 Å². The van der Waals surface area contributed by atoms with Crippen molar-refractivity contribution in [2.45, 2.75) is 12.8 Å². The maximum Gasteiger partial charge on any atom is 0.136 e. The molecule has 0 spiro atoms. The van der Waals surface area contributed by atoms with Crippen molar-refractivity contribution in [3.05, 3.63) is 78.4 Å². The van der Waals surface area contributed by atoms with Crippen molar-refractivity contribution >= 4 is 49.5 Å². The number of hydrogen-bond acceptors (Lipinski definition) is 2. The fourth-order valence-electron chi connectivity index (χ4n) is 4.00. The molecule has 0 saturated heterocycles. The Hall–Kier alpha value is -3.26. The summed E-state index contributed by atoms with van der Waals surface area (Å²) in [5.74, 6) is 0. The molecule has 5 aromatic rings. The molecule has 1 aliphatic rings. The molecule has 0 bridgehead atoms. The van der Waals surface area contributed by atoms with Crippen LogP contribution in [0.4, 0.5) is 0 Å². The Morgan fingerprint density at radius 3 is 2.15 bits per heavy atom. The Balaban J connectivity index is 1.65. The molecule has 1 aliphatic carbocycles. The summed E-state index contributed by atoms with van der Waals surface area (Å²) < 4.78 is 12.2. The zero-order valence-corrected chi connectivity index (χ0v) is 14.2. The zero-order valence-electron chi connectivity index (χ0n) is 14.2. The van der Waals surface area contributed by atoms with Gasteiger partial charge < -0.3 is 8.83 Å². The highest BCUT2D eigenvalue weighted by Crippen LogP contribution is 2.37. The summed E-state index contributed by atoms with van der Waals surface area (Å²) in [6, 6.07) is 18.8. The van der Waals surface area contributed by atoms with Crippen LogP contribution in [-0.4, -0.2) is 0 Å². The van der Waals surface area contributed by atoms with Gasteiger partial charge in [0, 0.05) is 21.5 Å². The lowest BCUT2D eigenvalue weighted by Crippen LogP contribution is -1.85. The van der Waals surface area contributed by atoms with Crippen LogP contribution in [0.5, 0.6) is 0 Å². The molecule has 2 heterocycles. The van der Waals surface area contributed by atoms with Gasteiger partial charge in [-0.2, -0.15) is 0 Å². The molecule has 3 aromatic carbocycles. The molecular formula is C24H16O2. The van der Waals surface area contributed by atoms with E-state index >= 15 is 0 Å². The van der Waals surface area contributed by atoms with Gasteiger partial charge in [0.1, 0.15) is 22.3 Å². The normalized spacial score (nSPS) is 14.7. The second-order valence-corrected chi connectivity index (χ2v) is 6.89. The average Bonchev–Trinajstić information content (AvgIpc) is 3.24. The number of benzene rings is 3. The molecule has 0 aliphatic heterocycles. The fourth-order valence-corrected chi connectivity index (χ4v) is 4.00. The van der Waals surface area contributed by atoms with Crippen molar-refractivity contribution < 1.29 is 8.83 Å². The smallest absolute Gasteiger partial charge is 0.136 e. The van der Waals surface area contributed by atoms with E-state index in [-0.39, 0.29) is 0 Å². The lowest BCUT2D eigenvalue weighted by atomic mass is 9.98. The van der Waals surface area contributed by atoms with E-state index in [4.69, 9.17) is 8.83 Å². The lowest BCUT2D eigenvalue weighted by molar-refractivity contribution is 0.664. The van der Waals surface area contributed by atoms with Gasteiger partial charge in [0.05, 0.1) is 0 Å². The van der Waals surface area contributed by atoms with Gasteiger partial charge >= 0.3 is 0 Å². The van der Waals surface area contributed by atoms with E-state index in [0.29, 0.717) is 0 Å². The third-order valence-electron chi connectivity index (χ3n) is 5.30. The van der Waals surface area contributed by atoms with Gasteiger partial charge in [0.2, 0.25) is 0 Å². The molecular weight excluding hydrogens is 320 g/mol. The van der Waals surface area contributed by atoms with Crippen LogP contribution in [0.25, 0.3) is 49.5 Å². The SMILES string of the molecule is C1=CC(c2ccc3oc4cc5c(cc4c3c2)oc2ccccc25)=CCC1. The molecule has 0 fully saturated rings. The van der Waals surface area contributed by atoms with Crippen LogP contribution < -0.4 is 0 Å². The van der Waals surface area contributed by atoms with Crippen LogP contribution in [0.3, 0.4) is 0 Å². The molecule has 0 radical (unpaired) electrons. The van der Waals surface area contributed by atoms with Gasteiger partial charge in [-0.1, -0.05) is 42.5 Å². The predicted octanol–water partition coefficient (Wildman–Crippen LogP) is 7.22. The number of allylic oxidation sites excluding steroid dienone is 4. The highest BCUT2D eigenvalue weighted by Gasteiger charge is 2.14. The van der Waals surface area contributed by atoms with Crippen LogP contribution in [0, 0.1) is 0 Å². The first-order valence-electron chi connectivity index (χ1n) is 9.01. The molecule has 2 heteroatoms. The van der Waals surface area contributed by atoms with Gasteiger partial charge in [0.25, 0.3) is 0 Å². The molecule has 2 aromatic heterocycles. The Bertz CT molecular complexity index is 1380. The Labute approximate surface area is 150 Å². The maximum absolute atomic E-state index is 6.14. The Kier molecular flexibility index (Phi) is 2.75. The minimum atomic E-state index is 0.906. The molecule has 6 rings (SSSR count). The van der Waals surface area contributed by atoms with Crippen molar-refractivity contribution in [1.82, 2.24) is 0 Å². The topological polar surface area (TPSA) is 26.3 Å². The Morgan fingerprint density at radius 2 is 1.35 bits per heavy atom. The summed E-state index contributed by atoms with van der Waals surface area (Å²) in [6.45, 7) is 0. The molecule has 26 heavy (non-hydrogen) atoms. The first kappa shape index (κ1) is 14.0. The number of fused-ring (bicyclic) bond motifs is 6. The van der Waals surface area contributed by atoms with E-state index in [2.05, 4.69) is 54.6 Å². The number of rotatable bonds is 1. The van der Waals surface area contributed by atoms with E-state index in [0.717, 1.165) is 56.7 Å². The largest absolute Gasteiger partial charge is 0.456 e.